The zero-order valence-electron chi connectivity index (χ0n) is 18.0. The molecule has 164 valence electrons. The number of aromatic nitrogens is 1. The number of likely N-dealkylation sites (tertiary alicyclic amines) is 1. The highest BCUT2D eigenvalue weighted by Crippen LogP contribution is 2.53. The number of amides is 1. The Morgan fingerprint density at radius 2 is 1.72 bits per heavy atom. The fourth-order valence-corrected chi connectivity index (χ4v) is 5.51. The van der Waals surface area contributed by atoms with Gasteiger partial charge in [-0.3, -0.25) is 9.78 Å². The molecule has 5 heteroatoms. The van der Waals surface area contributed by atoms with Gasteiger partial charge in [0.05, 0.1) is 17.8 Å². The molecule has 0 radical (unpaired) electrons. The Morgan fingerprint density at radius 1 is 0.938 bits per heavy atom. The minimum Gasteiger partial charge on any atom is -0.326 e. The van der Waals surface area contributed by atoms with Gasteiger partial charge in [0, 0.05) is 28.1 Å². The second-order valence-corrected chi connectivity index (χ2v) is 9.95. The maximum absolute atomic E-state index is 13.8. The van der Waals surface area contributed by atoms with E-state index in [2.05, 4.69) is 29.2 Å². The van der Waals surface area contributed by atoms with Crippen LogP contribution in [-0.2, 0) is 4.79 Å². The van der Waals surface area contributed by atoms with Gasteiger partial charge in [-0.2, -0.15) is 0 Å². The van der Waals surface area contributed by atoms with Crippen molar-refractivity contribution in [3.8, 4) is 0 Å². The van der Waals surface area contributed by atoms with Gasteiger partial charge in [0.25, 0.3) is 0 Å². The average molecular weight is 465 g/mol. The van der Waals surface area contributed by atoms with E-state index in [-0.39, 0.29) is 29.8 Å². The van der Waals surface area contributed by atoms with Crippen molar-refractivity contribution < 1.29 is 4.79 Å². The topological polar surface area (TPSA) is 33.2 Å². The molecule has 2 fully saturated rings. The van der Waals surface area contributed by atoms with Crippen LogP contribution in [0.4, 0.5) is 0 Å². The summed E-state index contributed by atoms with van der Waals surface area (Å²) in [6.45, 7) is 2.05. The maximum Gasteiger partial charge on any atom is 0.226 e. The predicted molar refractivity (Wildman–Crippen MR) is 129 cm³/mol. The van der Waals surface area contributed by atoms with E-state index in [0.29, 0.717) is 10.9 Å². The van der Waals surface area contributed by atoms with E-state index >= 15 is 0 Å². The van der Waals surface area contributed by atoms with Crippen molar-refractivity contribution in [1.29, 1.82) is 0 Å². The second kappa shape index (κ2) is 8.88. The number of benzene rings is 2. The van der Waals surface area contributed by atoms with Gasteiger partial charge in [0.2, 0.25) is 5.91 Å². The first-order chi connectivity index (χ1) is 15.5. The van der Waals surface area contributed by atoms with Gasteiger partial charge in [0.1, 0.15) is 0 Å². The molecule has 5 rings (SSSR count). The van der Waals surface area contributed by atoms with Crippen LogP contribution >= 0.6 is 23.2 Å². The summed E-state index contributed by atoms with van der Waals surface area (Å²) in [6.07, 6.45) is 4.85. The number of nitrogens with zero attached hydrogens (tertiary/aromatic N) is 2. The SMILES string of the molecule is C[C@@H]1C[C@H](c2cccc(Cl)c2)[C@@H](c2ccc(Cl)cc2)N([C@@H](c2ccccn2)C2CC2)C1=O. The van der Waals surface area contributed by atoms with Crippen LogP contribution in [-0.4, -0.2) is 15.8 Å². The lowest BCUT2D eigenvalue weighted by molar-refractivity contribution is -0.147. The highest BCUT2D eigenvalue weighted by molar-refractivity contribution is 6.30. The van der Waals surface area contributed by atoms with Crippen molar-refractivity contribution in [3.05, 3.63) is 99.8 Å². The standard InChI is InChI=1S/C27H26Cl2N2O/c1-17-15-23(20-5-4-6-22(29)16-20)25(18-10-12-21(28)13-11-18)31(27(17)32)26(19-8-9-19)24-7-2-3-14-30-24/h2-7,10-14,16-17,19,23,25-26H,8-9,15H2,1H3/t17-,23-,25-,26-/m1/s1. The smallest absolute Gasteiger partial charge is 0.226 e. The molecule has 1 aromatic heterocycles. The van der Waals surface area contributed by atoms with Crippen LogP contribution in [0.5, 0.6) is 0 Å². The van der Waals surface area contributed by atoms with E-state index in [1.54, 1.807) is 0 Å². The lowest BCUT2D eigenvalue weighted by Gasteiger charge is -2.48. The zero-order valence-corrected chi connectivity index (χ0v) is 19.5. The van der Waals surface area contributed by atoms with Crippen LogP contribution in [0.2, 0.25) is 10.0 Å². The van der Waals surface area contributed by atoms with Gasteiger partial charge in [0.15, 0.2) is 0 Å². The largest absolute Gasteiger partial charge is 0.326 e. The molecule has 0 bridgehead atoms. The van der Waals surface area contributed by atoms with Crippen LogP contribution in [0.1, 0.15) is 61.0 Å². The predicted octanol–water partition coefficient (Wildman–Crippen LogP) is 7.23. The Balaban J connectivity index is 1.67. The number of pyridine rings is 1. The molecule has 2 aliphatic rings. The van der Waals surface area contributed by atoms with Gasteiger partial charge >= 0.3 is 0 Å². The van der Waals surface area contributed by atoms with Crippen molar-refractivity contribution >= 4 is 29.1 Å². The van der Waals surface area contributed by atoms with E-state index in [0.717, 1.165) is 41.1 Å². The van der Waals surface area contributed by atoms with Crippen LogP contribution in [0.15, 0.2) is 72.9 Å². The Bertz CT molecular complexity index is 1100. The zero-order chi connectivity index (χ0) is 22.2. The number of halogens is 2. The van der Waals surface area contributed by atoms with E-state index in [9.17, 15) is 4.79 Å². The lowest BCUT2D eigenvalue weighted by atomic mass is 9.75. The molecule has 3 aromatic rings. The summed E-state index contributed by atoms with van der Waals surface area (Å²) in [7, 11) is 0. The fraction of sp³-hybridized carbons (Fsp3) is 0.333. The van der Waals surface area contributed by atoms with E-state index in [1.165, 1.54) is 0 Å². The second-order valence-electron chi connectivity index (χ2n) is 9.08. The van der Waals surface area contributed by atoms with E-state index in [1.807, 2.05) is 55.6 Å². The van der Waals surface area contributed by atoms with Gasteiger partial charge in [-0.1, -0.05) is 60.5 Å². The fourth-order valence-electron chi connectivity index (χ4n) is 5.19. The summed E-state index contributed by atoms with van der Waals surface area (Å²) in [6, 6.07) is 21.9. The quantitative estimate of drug-likeness (QED) is 0.398. The van der Waals surface area contributed by atoms with Crippen molar-refractivity contribution in [3.63, 3.8) is 0 Å². The summed E-state index contributed by atoms with van der Waals surface area (Å²) in [4.78, 5) is 20.6. The van der Waals surface area contributed by atoms with Crippen molar-refractivity contribution in [2.24, 2.45) is 11.8 Å². The molecule has 2 aromatic carbocycles. The number of hydrogen-bond acceptors (Lipinski definition) is 2. The lowest BCUT2D eigenvalue weighted by Crippen LogP contribution is -2.48. The molecule has 0 N–H and O–H groups in total. The molecule has 1 saturated heterocycles. The number of carbonyl (C=O) groups excluding carboxylic acids is 1. The number of hydrogen-bond donors (Lipinski definition) is 0. The molecular formula is C27H26Cl2N2O. The van der Waals surface area contributed by atoms with Crippen LogP contribution in [0.3, 0.4) is 0 Å². The minimum absolute atomic E-state index is 0.0335. The number of carbonyl (C=O) groups is 1. The maximum atomic E-state index is 13.8. The Labute approximate surface area is 199 Å². The molecule has 3 nitrogen and oxygen atoms in total. The van der Waals surface area contributed by atoms with Crippen LogP contribution < -0.4 is 0 Å². The van der Waals surface area contributed by atoms with Gasteiger partial charge in [-0.25, -0.2) is 0 Å². The number of piperidine rings is 1. The molecule has 1 amide bonds. The van der Waals surface area contributed by atoms with Crippen LogP contribution in [0, 0.1) is 11.8 Å². The first-order valence-corrected chi connectivity index (χ1v) is 12.0. The monoisotopic (exact) mass is 464 g/mol. The summed E-state index contributed by atoms with van der Waals surface area (Å²) >= 11 is 12.6. The summed E-state index contributed by atoms with van der Waals surface area (Å²) < 4.78 is 0. The minimum atomic E-state index is -0.109. The summed E-state index contributed by atoms with van der Waals surface area (Å²) in [5.41, 5.74) is 3.24. The highest BCUT2D eigenvalue weighted by Gasteiger charge is 2.49. The van der Waals surface area contributed by atoms with E-state index < -0.39 is 0 Å². The van der Waals surface area contributed by atoms with Crippen molar-refractivity contribution in [2.75, 3.05) is 0 Å². The summed E-state index contributed by atoms with van der Waals surface area (Å²) in [5, 5.41) is 1.41. The third-order valence-corrected chi connectivity index (χ3v) is 7.30. The Kier molecular flexibility index (Phi) is 5.96. The van der Waals surface area contributed by atoms with Crippen molar-refractivity contribution in [1.82, 2.24) is 9.88 Å². The average Bonchev–Trinajstić information content (AvgIpc) is 3.63. The third kappa shape index (κ3) is 4.16. The molecule has 0 spiro atoms. The highest BCUT2D eigenvalue weighted by atomic mass is 35.5. The molecule has 1 saturated carbocycles. The normalized spacial score (nSPS) is 24.4. The van der Waals surface area contributed by atoms with E-state index in [4.69, 9.17) is 28.2 Å². The molecule has 32 heavy (non-hydrogen) atoms. The van der Waals surface area contributed by atoms with Crippen molar-refractivity contribution in [2.45, 2.75) is 44.2 Å². The van der Waals surface area contributed by atoms with Gasteiger partial charge in [-0.05, 0) is 72.7 Å². The first kappa shape index (κ1) is 21.5. The molecule has 2 heterocycles. The molecule has 1 aliphatic carbocycles. The molecule has 4 atom stereocenters. The van der Waals surface area contributed by atoms with Crippen LogP contribution in [0.25, 0.3) is 0 Å². The van der Waals surface area contributed by atoms with Gasteiger partial charge in [-0.15, -0.1) is 0 Å². The van der Waals surface area contributed by atoms with Gasteiger partial charge < -0.3 is 4.90 Å². The molecule has 0 unspecified atom stereocenters. The Hall–Kier alpha value is -2.36. The first-order valence-electron chi connectivity index (χ1n) is 11.3. The number of rotatable bonds is 5. The molecule has 1 aliphatic heterocycles. The molecular weight excluding hydrogens is 439 g/mol. The third-order valence-electron chi connectivity index (χ3n) is 6.81. The summed E-state index contributed by atoms with van der Waals surface area (Å²) in [5.74, 6) is 0.694. The Morgan fingerprint density at radius 3 is 2.38 bits per heavy atom.